The van der Waals surface area contributed by atoms with Crippen LogP contribution in [-0.2, 0) is 32.1 Å². The van der Waals surface area contributed by atoms with E-state index in [2.05, 4.69) is 16.0 Å². The predicted octanol–water partition coefficient (Wildman–Crippen LogP) is 3.86. The number of nitrogens with one attached hydrogen (secondary N) is 3. The van der Waals surface area contributed by atoms with E-state index < -0.39 is 47.5 Å². The van der Waals surface area contributed by atoms with Crippen molar-refractivity contribution < 1.29 is 28.7 Å². The summed E-state index contributed by atoms with van der Waals surface area (Å²) in [7, 11) is 0. The van der Waals surface area contributed by atoms with Crippen molar-refractivity contribution in [2.24, 2.45) is 17.6 Å². The van der Waals surface area contributed by atoms with Gasteiger partial charge in [-0.2, -0.15) is 0 Å². The molecule has 0 aromatic heterocycles. The first-order chi connectivity index (χ1) is 19.6. The van der Waals surface area contributed by atoms with Crippen molar-refractivity contribution in [3.63, 3.8) is 0 Å². The topological polar surface area (TPSA) is 149 Å². The minimum atomic E-state index is -1.05. The molecule has 10 heteroatoms. The molecule has 0 aliphatic carbocycles. The molecule has 230 valence electrons. The Bertz CT molecular complexity index is 1180. The molecule has 0 aliphatic rings. The van der Waals surface area contributed by atoms with Crippen molar-refractivity contribution in [3.05, 3.63) is 65.7 Å². The van der Waals surface area contributed by atoms with Gasteiger partial charge in [-0.15, -0.1) is 0 Å². The van der Waals surface area contributed by atoms with Crippen molar-refractivity contribution in [3.8, 4) is 5.75 Å². The Morgan fingerprint density at radius 3 is 1.93 bits per heavy atom. The molecule has 4 amide bonds. The van der Waals surface area contributed by atoms with Crippen molar-refractivity contribution in [2.75, 3.05) is 0 Å². The van der Waals surface area contributed by atoms with E-state index in [1.54, 1.807) is 46.8 Å². The second-order valence-corrected chi connectivity index (χ2v) is 12.1. The van der Waals surface area contributed by atoms with E-state index in [0.717, 1.165) is 11.1 Å². The molecule has 3 atom stereocenters. The van der Waals surface area contributed by atoms with Gasteiger partial charge < -0.3 is 31.2 Å². The molecule has 2 rings (SSSR count). The van der Waals surface area contributed by atoms with Crippen molar-refractivity contribution in [1.29, 1.82) is 0 Å². The molecule has 0 unspecified atom stereocenters. The monoisotopic (exact) mass is 582 g/mol. The lowest BCUT2D eigenvalue weighted by Gasteiger charge is -2.28. The Balaban J connectivity index is 2.18. The SMILES string of the molecule is CC(C)C[C@H](NC(=O)[C@@H](NC(=O)[C@H](Cc1ccc(OCc2ccccc2)cc1)NC(=O)OC(C)(C)C)C(C)C)C(N)=O. The van der Waals surface area contributed by atoms with Crippen LogP contribution in [0.3, 0.4) is 0 Å². The number of hydrogen-bond acceptors (Lipinski definition) is 6. The van der Waals surface area contributed by atoms with Gasteiger partial charge in [0, 0.05) is 6.42 Å². The lowest BCUT2D eigenvalue weighted by atomic mass is 9.99. The highest BCUT2D eigenvalue weighted by Gasteiger charge is 2.32. The number of amides is 4. The average Bonchev–Trinajstić information content (AvgIpc) is 2.89. The highest BCUT2D eigenvalue weighted by atomic mass is 16.6. The van der Waals surface area contributed by atoms with Crippen LogP contribution in [0.5, 0.6) is 5.75 Å². The highest BCUT2D eigenvalue weighted by Crippen LogP contribution is 2.16. The Kier molecular flexibility index (Phi) is 12.8. The maximum absolute atomic E-state index is 13.5. The molecule has 0 bridgehead atoms. The Morgan fingerprint density at radius 2 is 1.40 bits per heavy atom. The van der Waals surface area contributed by atoms with Gasteiger partial charge in [0.25, 0.3) is 0 Å². The number of carbonyl (C=O) groups is 4. The molecular weight excluding hydrogens is 536 g/mol. The summed E-state index contributed by atoms with van der Waals surface area (Å²) >= 11 is 0. The van der Waals surface area contributed by atoms with Gasteiger partial charge in [-0.05, 0) is 62.3 Å². The smallest absolute Gasteiger partial charge is 0.408 e. The molecule has 0 aliphatic heterocycles. The van der Waals surface area contributed by atoms with Crippen molar-refractivity contribution in [1.82, 2.24) is 16.0 Å². The van der Waals surface area contributed by atoms with Crippen molar-refractivity contribution >= 4 is 23.8 Å². The van der Waals surface area contributed by atoms with Gasteiger partial charge in [-0.3, -0.25) is 14.4 Å². The number of benzene rings is 2. The molecule has 2 aromatic carbocycles. The van der Waals surface area contributed by atoms with E-state index in [9.17, 15) is 19.2 Å². The molecule has 0 spiro atoms. The second-order valence-electron chi connectivity index (χ2n) is 12.1. The zero-order valence-electron chi connectivity index (χ0n) is 25.7. The number of carbonyl (C=O) groups excluding carboxylic acids is 4. The number of primary amides is 1. The summed E-state index contributed by atoms with van der Waals surface area (Å²) in [6.45, 7) is 13.0. The molecule has 0 fully saturated rings. The van der Waals surface area contributed by atoms with E-state index in [4.69, 9.17) is 15.2 Å². The summed E-state index contributed by atoms with van der Waals surface area (Å²) < 4.78 is 11.2. The summed E-state index contributed by atoms with van der Waals surface area (Å²) in [6, 6.07) is 14.1. The Hall–Kier alpha value is -4.08. The zero-order chi connectivity index (χ0) is 31.4. The van der Waals surface area contributed by atoms with Gasteiger partial charge >= 0.3 is 6.09 Å². The zero-order valence-corrected chi connectivity index (χ0v) is 25.7. The number of alkyl carbamates (subject to hydrolysis) is 1. The molecule has 0 heterocycles. The fourth-order valence-corrected chi connectivity index (χ4v) is 4.13. The summed E-state index contributed by atoms with van der Waals surface area (Å²) in [5, 5.41) is 8.07. The van der Waals surface area contributed by atoms with Crippen LogP contribution >= 0.6 is 0 Å². The molecule has 10 nitrogen and oxygen atoms in total. The van der Waals surface area contributed by atoms with E-state index in [1.807, 2.05) is 56.3 Å². The molecule has 0 saturated heterocycles. The summed E-state index contributed by atoms with van der Waals surface area (Å²) in [4.78, 5) is 51.2. The number of rotatable bonds is 14. The molecule has 0 saturated carbocycles. The first-order valence-electron chi connectivity index (χ1n) is 14.3. The van der Waals surface area contributed by atoms with Gasteiger partial charge in [-0.1, -0.05) is 70.2 Å². The number of ether oxygens (including phenoxy) is 2. The van der Waals surface area contributed by atoms with Gasteiger partial charge in [0.15, 0.2) is 0 Å². The van der Waals surface area contributed by atoms with E-state index in [0.29, 0.717) is 18.8 Å². The van der Waals surface area contributed by atoms with Crippen LogP contribution in [0.1, 0.15) is 66.0 Å². The number of nitrogens with two attached hydrogens (primary N) is 1. The lowest BCUT2D eigenvalue weighted by Crippen LogP contribution is -2.58. The quantitative estimate of drug-likeness (QED) is 0.266. The van der Waals surface area contributed by atoms with E-state index in [-0.39, 0.29) is 18.3 Å². The first kappa shape index (κ1) is 34.1. The average molecular weight is 583 g/mol. The van der Waals surface area contributed by atoms with Gasteiger partial charge in [0.05, 0.1) is 0 Å². The van der Waals surface area contributed by atoms with Crippen LogP contribution in [0.4, 0.5) is 4.79 Å². The maximum atomic E-state index is 13.5. The van der Waals surface area contributed by atoms with Gasteiger partial charge in [0.2, 0.25) is 17.7 Å². The van der Waals surface area contributed by atoms with Gasteiger partial charge in [0.1, 0.15) is 36.1 Å². The third-order valence-electron chi connectivity index (χ3n) is 6.23. The fraction of sp³-hybridized carbons (Fsp3) is 0.500. The third kappa shape index (κ3) is 12.2. The third-order valence-corrected chi connectivity index (χ3v) is 6.23. The normalized spacial score (nSPS) is 13.5. The first-order valence-corrected chi connectivity index (χ1v) is 14.3. The lowest BCUT2D eigenvalue weighted by molar-refractivity contribution is -0.133. The van der Waals surface area contributed by atoms with Gasteiger partial charge in [-0.25, -0.2) is 4.79 Å². The summed E-state index contributed by atoms with van der Waals surface area (Å²) in [6.07, 6.45) is -0.261. The fourth-order valence-electron chi connectivity index (χ4n) is 4.13. The van der Waals surface area contributed by atoms with Crippen LogP contribution < -0.4 is 26.4 Å². The summed E-state index contributed by atoms with van der Waals surface area (Å²) in [5.41, 5.74) is 6.52. The Labute approximate surface area is 249 Å². The van der Waals surface area contributed by atoms with E-state index >= 15 is 0 Å². The van der Waals surface area contributed by atoms with Crippen molar-refractivity contribution in [2.45, 2.75) is 91.6 Å². The number of hydrogen-bond donors (Lipinski definition) is 4. The van der Waals surface area contributed by atoms with Crippen LogP contribution in [0, 0.1) is 11.8 Å². The molecule has 0 radical (unpaired) electrons. The standard InChI is InChI=1S/C32H46N4O6/c1-20(2)17-25(28(33)37)34-30(39)27(21(3)4)36-29(38)26(35-31(40)42-32(5,6)7)18-22-13-15-24(16-14-22)41-19-23-11-9-8-10-12-23/h8-16,20-21,25-27H,17-19H2,1-7H3,(H2,33,37)(H,34,39)(H,35,40)(H,36,38)/t25-,26-,27-/m0/s1. The minimum absolute atomic E-state index is 0.118. The molecule has 42 heavy (non-hydrogen) atoms. The largest absolute Gasteiger partial charge is 0.489 e. The van der Waals surface area contributed by atoms with Crippen LogP contribution in [0.2, 0.25) is 0 Å². The minimum Gasteiger partial charge on any atom is -0.489 e. The second kappa shape index (κ2) is 15.8. The van der Waals surface area contributed by atoms with Crippen LogP contribution in [0.15, 0.2) is 54.6 Å². The van der Waals surface area contributed by atoms with Crippen LogP contribution in [-0.4, -0.2) is 47.5 Å². The Morgan fingerprint density at radius 1 is 0.786 bits per heavy atom. The van der Waals surface area contributed by atoms with Crippen LogP contribution in [0.25, 0.3) is 0 Å². The maximum Gasteiger partial charge on any atom is 0.408 e. The summed E-state index contributed by atoms with van der Waals surface area (Å²) in [5.74, 6) is -1.29. The molecule has 5 N–H and O–H groups in total. The highest BCUT2D eigenvalue weighted by molar-refractivity contribution is 5.93. The van der Waals surface area contributed by atoms with E-state index in [1.165, 1.54) is 0 Å². The molecular formula is C32H46N4O6. The molecule has 2 aromatic rings. The predicted molar refractivity (Wildman–Crippen MR) is 161 cm³/mol.